The first kappa shape index (κ1) is 3.83. The van der Waals surface area contributed by atoms with Gasteiger partial charge in [0, 0.05) is 30.2 Å². The highest BCUT2D eigenvalue weighted by atomic mass is 16.4. The largest absolute Gasteiger partial charge is 0.488 e. The highest BCUT2D eigenvalue weighted by Gasteiger charge is 2.16. The van der Waals surface area contributed by atoms with Gasteiger partial charge in [0.15, 0.2) is 0 Å². The van der Waals surface area contributed by atoms with E-state index in [0.717, 1.165) is 12.3 Å². The molecule has 0 radical (unpaired) electrons. The Morgan fingerprint density at radius 1 is 1.43 bits per heavy atom. The molecule has 0 atom stereocenters. The molecule has 2 N–H and O–H groups in total. The van der Waals surface area contributed by atoms with E-state index in [1.807, 2.05) is 0 Å². The van der Waals surface area contributed by atoms with E-state index in [0.29, 0.717) is 0 Å². The van der Waals surface area contributed by atoms with Crippen LogP contribution in [0.5, 0.6) is 0 Å². The Bertz CT molecular complexity index is 571. The maximum Gasteiger partial charge on any atom is 0.488 e. The number of hydrogen-bond donors (Lipinski definition) is 2. The van der Waals surface area contributed by atoms with Crippen LogP contribution in [0.1, 0.15) is 23.7 Å². The Labute approximate surface area is 94.6 Å². The van der Waals surface area contributed by atoms with E-state index < -0.39 is 38.7 Å². The summed E-state index contributed by atoms with van der Waals surface area (Å²) in [7, 11) is -1.91. The smallest absolute Gasteiger partial charge is 0.423 e. The Hall–Kier alpha value is -1.07. The van der Waals surface area contributed by atoms with Crippen LogP contribution >= 0.6 is 0 Å². The molecule has 0 unspecified atom stereocenters. The third-order valence-electron chi connectivity index (χ3n) is 1.69. The zero-order valence-corrected chi connectivity index (χ0v) is 7.10. The summed E-state index contributed by atoms with van der Waals surface area (Å²) in [6.45, 7) is -6.10. The van der Waals surface area contributed by atoms with Gasteiger partial charge in [0.2, 0.25) is 0 Å². The molecule has 0 aromatic carbocycles. The minimum absolute atomic E-state index is 0.107. The van der Waals surface area contributed by atoms with Crippen molar-refractivity contribution in [1.82, 2.24) is 4.98 Å². The van der Waals surface area contributed by atoms with Crippen molar-refractivity contribution in [3.05, 3.63) is 18.3 Å². The number of anilines is 1. The van der Waals surface area contributed by atoms with Crippen LogP contribution in [-0.4, -0.2) is 35.1 Å². The average molecular weight is 200 g/mol. The minimum Gasteiger partial charge on any atom is -0.423 e. The Morgan fingerprint density at radius 2 is 2.14 bits per heavy atom. The van der Waals surface area contributed by atoms with Crippen LogP contribution in [0, 0.1) is 0 Å². The van der Waals surface area contributed by atoms with E-state index in [9.17, 15) is 0 Å². The van der Waals surface area contributed by atoms with Crippen LogP contribution in [0.4, 0.5) is 5.82 Å². The zero-order chi connectivity index (χ0) is 17.1. The van der Waals surface area contributed by atoms with Crippen LogP contribution in [0.3, 0.4) is 0 Å². The van der Waals surface area contributed by atoms with Gasteiger partial charge in [-0.2, -0.15) is 0 Å². The molecule has 1 saturated heterocycles. The second-order valence-corrected chi connectivity index (χ2v) is 2.63. The summed E-state index contributed by atoms with van der Waals surface area (Å²) in [4.78, 5) is 3.97. The lowest BCUT2D eigenvalue weighted by Crippen LogP contribution is -2.31. The molecule has 0 amide bonds. The molecule has 1 aliphatic rings. The molecule has 0 bridgehead atoms. The molecule has 1 aliphatic heterocycles. The van der Waals surface area contributed by atoms with Crippen LogP contribution < -0.4 is 10.4 Å². The highest BCUT2D eigenvalue weighted by molar-refractivity contribution is 6.58. The summed E-state index contributed by atoms with van der Waals surface area (Å²) < 4.78 is 62.1. The van der Waals surface area contributed by atoms with Gasteiger partial charge in [0.25, 0.3) is 0 Å². The van der Waals surface area contributed by atoms with E-state index in [1.54, 1.807) is 0 Å². The minimum atomic E-state index is -3.17. The molecule has 2 heterocycles. The number of pyridine rings is 1. The van der Waals surface area contributed by atoms with Gasteiger partial charge in [0.05, 0.1) is 0 Å². The van der Waals surface area contributed by atoms with E-state index in [4.69, 9.17) is 21.0 Å². The van der Waals surface area contributed by atoms with E-state index >= 15 is 0 Å². The molecule has 0 spiro atoms. The van der Waals surface area contributed by atoms with Crippen molar-refractivity contribution >= 4 is 18.4 Å². The van der Waals surface area contributed by atoms with E-state index in [1.165, 1.54) is 6.07 Å². The number of rotatable bonds is 2. The van der Waals surface area contributed by atoms with Crippen LogP contribution in [0.2, 0.25) is 0 Å². The van der Waals surface area contributed by atoms with Crippen molar-refractivity contribution < 1.29 is 21.0 Å². The third kappa shape index (κ3) is 1.88. The molecule has 74 valence electrons. The highest BCUT2D eigenvalue weighted by Crippen LogP contribution is 2.15. The Balaban J connectivity index is 2.66. The van der Waals surface area contributed by atoms with Gasteiger partial charge in [-0.15, -0.1) is 0 Å². The molecule has 1 fully saturated rings. The summed E-state index contributed by atoms with van der Waals surface area (Å²) in [5, 5.41) is 18.3. The summed E-state index contributed by atoms with van der Waals surface area (Å²) in [6, 6.07) is 2.18. The van der Waals surface area contributed by atoms with Crippen molar-refractivity contribution in [3.63, 3.8) is 0 Å². The fourth-order valence-electron chi connectivity index (χ4n) is 1.03. The zero-order valence-electron chi connectivity index (χ0n) is 15.1. The Morgan fingerprint density at radius 3 is 2.79 bits per heavy atom. The summed E-state index contributed by atoms with van der Waals surface area (Å²) in [5.74, 6) is -0.439. The van der Waals surface area contributed by atoms with Crippen molar-refractivity contribution in [3.8, 4) is 0 Å². The first-order valence-electron chi connectivity index (χ1n) is 7.91. The van der Waals surface area contributed by atoms with Gasteiger partial charge in [0.1, 0.15) is 5.82 Å². The predicted molar refractivity (Wildman–Crippen MR) is 55.5 cm³/mol. The molecule has 14 heavy (non-hydrogen) atoms. The predicted octanol–water partition coefficient (Wildman–Crippen LogP) is -0.638. The fraction of sp³-hybridized carbons (Fsp3) is 0.444. The van der Waals surface area contributed by atoms with Gasteiger partial charge in [-0.05, 0) is 30.3 Å². The normalized spacial score (nSPS) is 38.9. The monoisotopic (exact) mass is 200 g/mol. The molecule has 2 rings (SSSR count). The lowest BCUT2D eigenvalue weighted by molar-refractivity contribution is 0.425. The summed E-state index contributed by atoms with van der Waals surface area (Å²) in [6.07, 6.45) is -5.27. The van der Waals surface area contributed by atoms with E-state index in [2.05, 4.69) is 4.98 Å². The molecule has 0 saturated carbocycles. The second kappa shape index (κ2) is 3.98. The SMILES string of the molecule is [2H]C1([2H])N(c2cc(B(O)O)ccn2)C([2H])([2H])C([2H])([2H])C1([2H])[2H]. The summed E-state index contributed by atoms with van der Waals surface area (Å²) in [5.41, 5.74) is -0.107. The first-order chi connectivity index (χ1) is 9.78. The molecule has 1 aromatic rings. The number of hydrogen-bond acceptors (Lipinski definition) is 4. The van der Waals surface area contributed by atoms with Gasteiger partial charge >= 0.3 is 7.12 Å². The quantitative estimate of drug-likeness (QED) is 0.623. The first-order valence-corrected chi connectivity index (χ1v) is 3.91. The third-order valence-corrected chi connectivity index (χ3v) is 1.69. The van der Waals surface area contributed by atoms with Gasteiger partial charge in [-0.25, -0.2) is 4.98 Å². The Kier molecular flexibility index (Phi) is 1.09. The lowest BCUT2D eigenvalue weighted by Gasteiger charge is -2.16. The topological polar surface area (TPSA) is 56.6 Å². The van der Waals surface area contributed by atoms with Crippen LogP contribution in [0.15, 0.2) is 18.3 Å². The second-order valence-electron chi connectivity index (χ2n) is 2.63. The molecule has 4 nitrogen and oxygen atoms in total. The van der Waals surface area contributed by atoms with Crippen molar-refractivity contribution in [2.24, 2.45) is 0 Å². The maximum atomic E-state index is 9.13. The molecule has 5 heteroatoms. The number of nitrogens with zero attached hydrogens (tertiary/aromatic N) is 2. The standard InChI is InChI=1S/C9H13BN2O2/c13-10(14)8-3-4-11-9(7-8)12-5-1-2-6-12/h3-4,7,13-14H,1-2,5-6H2/i1D2,2D2,5D2,6D2. The van der Waals surface area contributed by atoms with Gasteiger partial charge in [-0.3, -0.25) is 0 Å². The summed E-state index contributed by atoms with van der Waals surface area (Å²) >= 11 is 0. The molecular weight excluding hydrogens is 179 g/mol. The fourth-order valence-corrected chi connectivity index (χ4v) is 1.03. The van der Waals surface area contributed by atoms with Crippen molar-refractivity contribution in [2.45, 2.75) is 12.7 Å². The molecule has 0 aliphatic carbocycles. The van der Waals surface area contributed by atoms with Crippen molar-refractivity contribution in [2.75, 3.05) is 17.9 Å². The van der Waals surface area contributed by atoms with Crippen molar-refractivity contribution in [1.29, 1.82) is 0 Å². The van der Waals surface area contributed by atoms with Gasteiger partial charge < -0.3 is 14.9 Å². The average Bonchev–Trinajstić information content (AvgIpc) is 2.43. The van der Waals surface area contributed by atoms with Gasteiger partial charge in [-0.1, -0.05) is 0 Å². The van der Waals surface area contributed by atoms with E-state index in [-0.39, 0.29) is 10.4 Å². The van der Waals surface area contributed by atoms with Crippen LogP contribution in [-0.2, 0) is 0 Å². The maximum absolute atomic E-state index is 9.13. The molecule has 1 aromatic heterocycles. The lowest BCUT2D eigenvalue weighted by atomic mass is 9.81. The molecular formula is C9H13BN2O2. The van der Waals surface area contributed by atoms with Crippen LogP contribution in [0.25, 0.3) is 0 Å². The number of aromatic nitrogens is 1.